The van der Waals surface area contributed by atoms with E-state index in [2.05, 4.69) is 11.7 Å². The Kier molecular flexibility index (Phi) is 4.77. The van der Waals surface area contributed by atoms with Crippen molar-refractivity contribution in [1.29, 1.82) is 0 Å². The van der Waals surface area contributed by atoms with Gasteiger partial charge in [0, 0.05) is 19.1 Å². The Balaban J connectivity index is 2.40. The van der Waals surface area contributed by atoms with Crippen molar-refractivity contribution < 1.29 is 18.3 Å². The van der Waals surface area contributed by atoms with E-state index in [-0.39, 0.29) is 11.7 Å². The summed E-state index contributed by atoms with van der Waals surface area (Å²) in [6.07, 6.45) is 1.92. The second kappa shape index (κ2) is 6.39. The number of ether oxygens (including phenoxy) is 1. The Hall–Kier alpha value is -1.69. The zero-order chi connectivity index (χ0) is 15.6. The smallest absolute Gasteiger partial charge is 0.340 e. The minimum atomic E-state index is -1.17. The molecule has 0 aromatic heterocycles. The predicted octanol–water partition coefficient (Wildman–Crippen LogP) is 2.31. The van der Waals surface area contributed by atoms with Gasteiger partial charge in [-0.15, -0.1) is 0 Å². The van der Waals surface area contributed by atoms with Crippen LogP contribution in [0.5, 0.6) is 0 Å². The van der Waals surface area contributed by atoms with Crippen LogP contribution in [-0.2, 0) is 4.74 Å². The molecule has 1 fully saturated rings. The van der Waals surface area contributed by atoms with Gasteiger partial charge >= 0.3 is 5.97 Å². The van der Waals surface area contributed by atoms with Crippen LogP contribution in [-0.4, -0.2) is 32.2 Å². The summed E-state index contributed by atoms with van der Waals surface area (Å²) in [5, 5.41) is 0. The molecule has 1 heterocycles. The van der Waals surface area contributed by atoms with Gasteiger partial charge in [0.15, 0.2) is 11.6 Å². The van der Waals surface area contributed by atoms with Crippen molar-refractivity contribution in [2.45, 2.75) is 25.8 Å². The van der Waals surface area contributed by atoms with E-state index in [0.29, 0.717) is 19.0 Å². The van der Waals surface area contributed by atoms with Gasteiger partial charge in [-0.05, 0) is 30.9 Å². The van der Waals surface area contributed by atoms with E-state index in [9.17, 15) is 13.6 Å². The lowest BCUT2D eigenvalue weighted by Crippen LogP contribution is -2.49. The van der Waals surface area contributed by atoms with Crippen LogP contribution in [0.4, 0.5) is 14.5 Å². The van der Waals surface area contributed by atoms with Gasteiger partial charge in [0.25, 0.3) is 0 Å². The Morgan fingerprint density at radius 1 is 1.43 bits per heavy atom. The number of piperidine rings is 1. The number of nitrogens with zero attached hydrogens (tertiary/aromatic N) is 1. The zero-order valence-corrected chi connectivity index (χ0v) is 12.2. The maximum absolute atomic E-state index is 14.3. The molecule has 0 bridgehead atoms. The van der Waals surface area contributed by atoms with Gasteiger partial charge in [-0.1, -0.05) is 6.92 Å². The summed E-state index contributed by atoms with van der Waals surface area (Å²) in [6.45, 7) is 3.06. The number of halogens is 2. The molecular formula is C15H20F2N2O2. The molecular weight excluding hydrogens is 278 g/mol. The number of rotatable bonds is 3. The fourth-order valence-corrected chi connectivity index (χ4v) is 2.94. The number of methoxy groups -OCH3 is 1. The maximum Gasteiger partial charge on any atom is 0.340 e. The largest absolute Gasteiger partial charge is 0.465 e. The average Bonchev–Trinajstić information content (AvgIpc) is 2.49. The van der Waals surface area contributed by atoms with E-state index in [0.717, 1.165) is 20.0 Å². The van der Waals surface area contributed by atoms with Gasteiger partial charge < -0.3 is 15.4 Å². The molecule has 2 atom stereocenters. The molecule has 2 N–H and O–H groups in total. The molecule has 1 aliphatic heterocycles. The van der Waals surface area contributed by atoms with E-state index >= 15 is 0 Å². The monoisotopic (exact) mass is 298 g/mol. The van der Waals surface area contributed by atoms with Crippen LogP contribution in [0.1, 0.15) is 30.1 Å². The molecule has 116 valence electrons. The third-order valence-electron chi connectivity index (χ3n) is 4.13. The second-order valence-electron chi connectivity index (χ2n) is 5.37. The van der Waals surface area contributed by atoms with Gasteiger partial charge in [-0.25, -0.2) is 13.6 Å². The molecule has 0 saturated carbocycles. The minimum absolute atomic E-state index is 0.0309. The van der Waals surface area contributed by atoms with Crippen LogP contribution in [0.15, 0.2) is 12.1 Å². The first-order valence-electron chi connectivity index (χ1n) is 7.04. The van der Waals surface area contributed by atoms with Crippen molar-refractivity contribution in [3.8, 4) is 0 Å². The lowest BCUT2D eigenvalue weighted by atomic mass is 9.90. The summed E-state index contributed by atoms with van der Waals surface area (Å²) < 4.78 is 32.8. The molecule has 2 unspecified atom stereocenters. The van der Waals surface area contributed by atoms with E-state index in [1.165, 1.54) is 12.1 Å². The van der Waals surface area contributed by atoms with Gasteiger partial charge in [0.2, 0.25) is 0 Å². The van der Waals surface area contributed by atoms with E-state index in [1.807, 2.05) is 0 Å². The molecule has 1 saturated heterocycles. The number of esters is 1. The number of benzene rings is 1. The molecule has 21 heavy (non-hydrogen) atoms. The topological polar surface area (TPSA) is 55.6 Å². The third kappa shape index (κ3) is 2.85. The van der Waals surface area contributed by atoms with Crippen molar-refractivity contribution >= 4 is 11.7 Å². The fourth-order valence-electron chi connectivity index (χ4n) is 2.94. The maximum atomic E-state index is 14.3. The molecule has 6 heteroatoms. The molecule has 0 spiro atoms. The minimum Gasteiger partial charge on any atom is -0.465 e. The summed E-state index contributed by atoms with van der Waals surface area (Å²) >= 11 is 0. The van der Waals surface area contributed by atoms with Gasteiger partial charge in [0.05, 0.1) is 18.4 Å². The predicted molar refractivity (Wildman–Crippen MR) is 76.3 cm³/mol. The zero-order valence-electron chi connectivity index (χ0n) is 12.2. The second-order valence-corrected chi connectivity index (χ2v) is 5.37. The molecule has 4 nitrogen and oxygen atoms in total. The number of hydrogen-bond donors (Lipinski definition) is 1. The molecule has 1 aromatic rings. The Labute approximate surface area is 122 Å². The number of anilines is 1. The van der Waals surface area contributed by atoms with Crippen molar-refractivity contribution in [2.24, 2.45) is 11.7 Å². The van der Waals surface area contributed by atoms with Crippen LogP contribution < -0.4 is 10.6 Å². The highest BCUT2D eigenvalue weighted by Gasteiger charge is 2.31. The normalized spacial score (nSPS) is 22.2. The molecule has 0 amide bonds. The number of carbonyl (C=O) groups excluding carboxylic acids is 1. The van der Waals surface area contributed by atoms with Crippen LogP contribution in [0.25, 0.3) is 0 Å². The number of nitrogens with two attached hydrogens (primary N) is 1. The SMILES string of the molecule is COC(=O)c1ccc(N2CCCC(C)C2CN)c(F)c1F. The van der Waals surface area contributed by atoms with Gasteiger partial charge in [-0.2, -0.15) is 0 Å². The standard InChI is InChI=1S/C15H20F2N2O2/c1-9-4-3-7-19(12(9)8-18)11-6-5-10(15(20)21-2)13(16)14(11)17/h5-6,9,12H,3-4,7-8,18H2,1-2H3. The summed E-state index contributed by atoms with van der Waals surface area (Å²) in [4.78, 5) is 13.2. The first-order chi connectivity index (χ1) is 10.0. The van der Waals surface area contributed by atoms with Crippen molar-refractivity contribution in [3.63, 3.8) is 0 Å². The van der Waals surface area contributed by atoms with Crippen LogP contribution >= 0.6 is 0 Å². The molecule has 0 radical (unpaired) electrons. The summed E-state index contributed by atoms with van der Waals surface area (Å²) in [5.41, 5.74) is 5.54. The van der Waals surface area contributed by atoms with Crippen LogP contribution in [0, 0.1) is 17.6 Å². The summed E-state index contributed by atoms with van der Waals surface area (Å²) in [7, 11) is 1.13. The van der Waals surface area contributed by atoms with Crippen LogP contribution in [0.3, 0.4) is 0 Å². The highest BCUT2D eigenvalue weighted by molar-refractivity contribution is 5.90. The number of hydrogen-bond acceptors (Lipinski definition) is 4. The highest BCUT2D eigenvalue weighted by atomic mass is 19.2. The van der Waals surface area contributed by atoms with Gasteiger partial charge in [-0.3, -0.25) is 0 Å². The molecule has 1 aliphatic rings. The molecule has 1 aromatic carbocycles. The summed E-state index contributed by atoms with van der Waals surface area (Å²) in [6, 6.07) is 2.65. The lowest BCUT2D eigenvalue weighted by Gasteiger charge is -2.41. The third-order valence-corrected chi connectivity index (χ3v) is 4.13. The van der Waals surface area contributed by atoms with E-state index < -0.39 is 23.2 Å². The van der Waals surface area contributed by atoms with E-state index in [1.54, 1.807) is 4.90 Å². The highest BCUT2D eigenvalue weighted by Crippen LogP contribution is 2.32. The first-order valence-corrected chi connectivity index (χ1v) is 7.04. The Morgan fingerprint density at radius 2 is 2.14 bits per heavy atom. The van der Waals surface area contributed by atoms with Crippen LogP contribution in [0.2, 0.25) is 0 Å². The van der Waals surface area contributed by atoms with Crippen molar-refractivity contribution in [3.05, 3.63) is 29.3 Å². The van der Waals surface area contributed by atoms with Gasteiger partial charge in [0.1, 0.15) is 0 Å². The fraction of sp³-hybridized carbons (Fsp3) is 0.533. The molecule has 0 aliphatic carbocycles. The van der Waals surface area contributed by atoms with Crippen molar-refractivity contribution in [1.82, 2.24) is 0 Å². The quantitative estimate of drug-likeness (QED) is 0.870. The first kappa shape index (κ1) is 15.7. The average molecular weight is 298 g/mol. The van der Waals surface area contributed by atoms with E-state index in [4.69, 9.17) is 5.73 Å². The lowest BCUT2D eigenvalue weighted by molar-refractivity contribution is 0.0594. The molecule has 2 rings (SSSR count). The Bertz CT molecular complexity index is 537. The Morgan fingerprint density at radius 3 is 2.76 bits per heavy atom. The number of carbonyl (C=O) groups is 1. The van der Waals surface area contributed by atoms with Crippen molar-refractivity contribution in [2.75, 3.05) is 25.1 Å². The summed E-state index contributed by atoms with van der Waals surface area (Å²) in [5.74, 6) is -2.77.